The van der Waals surface area contributed by atoms with Gasteiger partial charge in [-0.25, -0.2) is 0 Å². The molecule has 6 heteroatoms. The Morgan fingerprint density at radius 2 is 1.69 bits per heavy atom. The lowest BCUT2D eigenvalue weighted by molar-refractivity contribution is -0.118. The van der Waals surface area contributed by atoms with Gasteiger partial charge in [0.25, 0.3) is 0 Å². The van der Waals surface area contributed by atoms with Crippen LogP contribution in [0.25, 0.3) is 0 Å². The van der Waals surface area contributed by atoms with Gasteiger partial charge in [-0.3, -0.25) is 9.69 Å². The molecule has 0 bridgehead atoms. The van der Waals surface area contributed by atoms with E-state index in [0.29, 0.717) is 41.4 Å². The summed E-state index contributed by atoms with van der Waals surface area (Å²) in [6.45, 7) is 3.29. The normalized spacial score (nSPS) is 14.4. The fourth-order valence-corrected chi connectivity index (χ4v) is 3.58. The molecule has 1 atom stereocenters. The number of methoxy groups -OCH3 is 3. The van der Waals surface area contributed by atoms with Gasteiger partial charge < -0.3 is 19.5 Å². The van der Waals surface area contributed by atoms with Crippen LogP contribution in [0.5, 0.6) is 17.2 Å². The van der Waals surface area contributed by atoms with Crippen LogP contribution in [0.2, 0.25) is 0 Å². The smallest absolute Gasteiger partial charge is 0.238 e. The van der Waals surface area contributed by atoms with Crippen molar-refractivity contribution in [2.75, 3.05) is 33.2 Å². The summed E-state index contributed by atoms with van der Waals surface area (Å²) in [6.07, 6.45) is 2.47. The average Bonchev–Trinajstić information content (AvgIpc) is 3.58. The van der Waals surface area contributed by atoms with Gasteiger partial charge in [0.05, 0.1) is 27.9 Å². The maximum atomic E-state index is 12.8. The maximum Gasteiger partial charge on any atom is 0.238 e. The second-order valence-electron chi connectivity index (χ2n) is 7.43. The number of hydrogen-bond donors (Lipinski definition) is 1. The van der Waals surface area contributed by atoms with Crippen molar-refractivity contribution in [2.45, 2.75) is 32.4 Å². The first-order chi connectivity index (χ1) is 14.0. The monoisotopic (exact) mass is 398 g/mol. The molecule has 1 amide bonds. The molecular formula is C23H30N2O4. The van der Waals surface area contributed by atoms with Crippen LogP contribution in [0.15, 0.2) is 42.5 Å². The molecule has 0 aliphatic heterocycles. The molecule has 0 radical (unpaired) electrons. The zero-order valence-electron chi connectivity index (χ0n) is 17.6. The van der Waals surface area contributed by atoms with E-state index in [1.807, 2.05) is 18.2 Å². The number of benzene rings is 2. The summed E-state index contributed by atoms with van der Waals surface area (Å²) in [6, 6.07) is 14.1. The van der Waals surface area contributed by atoms with E-state index in [0.717, 1.165) is 6.54 Å². The van der Waals surface area contributed by atoms with Gasteiger partial charge in [0.1, 0.15) is 0 Å². The number of nitrogens with zero attached hydrogens (tertiary/aromatic N) is 1. The molecule has 1 fully saturated rings. The van der Waals surface area contributed by atoms with E-state index < -0.39 is 0 Å². The highest BCUT2D eigenvalue weighted by Gasteiger charge is 2.32. The maximum absolute atomic E-state index is 12.8. The van der Waals surface area contributed by atoms with Crippen molar-refractivity contribution in [3.63, 3.8) is 0 Å². The van der Waals surface area contributed by atoms with Crippen molar-refractivity contribution in [3.05, 3.63) is 48.0 Å². The molecule has 0 aromatic heterocycles. The highest BCUT2D eigenvalue weighted by Crippen LogP contribution is 2.40. The zero-order valence-corrected chi connectivity index (χ0v) is 17.6. The molecule has 1 unspecified atom stereocenters. The number of carbonyl (C=O) groups excluding carboxylic acids is 1. The molecule has 1 aliphatic rings. The van der Waals surface area contributed by atoms with Crippen molar-refractivity contribution in [3.8, 4) is 17.2 Å². The van der Waals surface area contributed by atoms with Gasteiger partial charge in [-0.05, 0) is 31.2 Å². The Morgan fingerprint density at radius 3 is 2.21 bits per heavy atom. The summed E-state index contributed by atoms with van der Waals surface area (Å²) in [5.41, 5.74) is 1.82. The summed E-state index contributed by atoms with van der Waals surface area (Å²) in [5.74, 6) is 2.13. The van der Waals surface area contributed by atoms with Crippen LogP contribution in [-0.4, -0.2) is 44.7 Å². The van der Waals surface area contributed by atoms with Crippen molar-refractivity contribution in [2.24, 2.45) is 5.92 Å². The quantitative estimate of drug-likeness (QED) is 0.657. The number of ether oxygens (including phenoxy) is 3. The number of anilines is 1. The van der Waals surface area contributed by atoms with E-state index in [1.54, 1.807) is 33.5 Å². The molecule has 1 saturated carbocycles. The van der Waals surface area contributed by atoms with Crippen molar-refractivity contribution < 1.29 is 19.0 Å². The number of nitrogens with one attached hydrogen (secondary N) is 1. The highest BCUT2D eigenvalue weighted by atomic mass is 16.5. The SMILES string of the molecule is COc1cc(NC(=O)CN(Cc2ccccc2)C(C)C2CC2)cc(OC)c1OC. The highest BCUT2D eigenvalue weighted by molar-refractivity contribution is 5.93. The molecule has 1 N–H and O–H groups in total. The van der Waals surface area contributed by atoms with E-state index in [4.69, 9.17) is 14.2 Å². The summed E-state index contributed by atoms with van der Waals surface area (Å²) in [7, 11) is 4.67. The van der Waals surface area contributed by atoms with Gasteiger partial charge in [-0.15, -0.1) is 0 Å². The molecule has 2 aromatic carbocycles. The van der Waals surface area contributed by atoms with Gasteiger partial charge in [0, 0.05) is 30.4 Å². The Balaban J connectivity index is 1.72. The lowest BCUT2D eigenvalue weighted by atomic mass is 10.1. The number of rotatable bonds is 10. The molecule has 0 heterocycles. The van der Waals surface area contributed by atoms with E-state index in [1.165, 1.54) is 18.4 Å². The molecule has 0 saturated heterocycles. The lowest BCUT2D eigenvalue weighted by Gasteiger charge is -2.29. The molecule has 29 heavy (non-hydrogen) atoms. The third-order valence-corrected chi connectivity index (χ3v) is 5.40. The fourth-order valence-electron chi connectivity index (χ4n) is 3.58. The second-order valence-corrected chi connectivity index (χ2v) is 7.43. The Hall–Kier alpha value is -2.73. The van der Waals surface area contributed by atoms with Crippen LogP contribution >= 0.6 is 0 Å². The van der Waals surface area contributed by atoms with E-state index in [9.17, 15) is 4.79 Å². The summed E-state index contributed by atoms with van der Waals surface area (Å²) in [4.78, 5) is 15.1. The largest absolute Gasteiger partial charge is 0.493 e. The topological polar surface area (TPSA) is 60.0 Å². The second kappa shape index (κ2) is 9.65. The van der Waals surface area contributed by atoms with Crippen molar-refractivity contribution in [1.29, 1.82) is 0 Å². The minimum Gasteiger partial charge on any atom is -0.493 e. The first-order valence-corrected chi connectivity index (χ1v) is 9.93. The standard InChI is InChI=1S/C23H30N2O4/c1-16(18-10-11-18)25(14-17-8-6-5-7-9-17)15-22(26)24-19-12-20(27-2)23(29-4)21(13-19)28-3/h5-9,12-13,16,18H,10-11,14-15H2,1-4H3,(H,24,26). The predicted octanol–water partition coefficient (Wildman–Crippen LogP) is 3.95. The van der Waals surface area contributed by atoms with Crippen LogP contribution in [-0.2, 0) is 11.3 Å². The third kappa shape index (κ3) is 5.41. The molecule has 2 aromatic rings. The zero-order chi connectivity index (χ0) is 20.8. The minimum absolute atomic E-state index is 0.0669. The van der Waals surface area contributed by atoms with Crippen LogP contribution in [0, 0.1) is 5.92 Å². The Morgan fingerprint density at radius 1 is 1.07 bits per heavy atom. The third-order valence-electron chi connectivity index (χ3n) is 5.40. The number of hydrogen-bond acceptors (Lipinski definition) is 5. The van der Waals surface area contributed by atoms with Crippen LogP contribution in [0.4, 0.5) is 5.69 Å². The van der Waals surface area contributed by atoms with Crippen LogP contribution in [0.3, 0.4) is 0 Å². The van der Waals surface area contributed by atoms with Crippen LogP contribution < -0.4 is 19.5 Å². The van der Waals surface area contributed by atoms with Gasteiger partial charge in [0.2, 0.25) is 11.7 Å². The van der Waals surface area contributed by atoms with Gasteiger partial charge >= 0.3 is 0 Å². The molecule has 0 spiro atoms. The summed E-state index contributed by atoms with van der Waals surface area (Å²) < 4.78 is 16.1. The molecule has 1 aliphatic carbocycles. The lowest BCUT2D eigenvalue weighted by Crippen LogP contribution is -2.40. The average molecular weight is 399 g/mol. The Labute approximate surface area is 172 Å². The molecule has 156 valence electrons. The number of carbonyl (C=O) groups is 1. The molecule has 6 nitrogen and oxygen atoms in total. The number of amides is 1. The van der Waals surface area contributed by atoms with Gasteiger partial charge in [-0.2, -0.15) is 0 Å². The van der Waals surface area contributed by atoms with Crippen LogP contribution in [0.1, 0.15) is 25.3 Å². The first-order valence-electron chi connectivity index (χ1n) is 9.93. The fraction of sp³-hybridized carbons (Fsp3) is 0.435. The first kappa shape index (κ1) is 21.0. The van der Waals surface area contributed by atoms with E-state index in [2.05, 4.69) is 29.3 Å². The van der Waals surface area contributed by atoms with E-state index >= 15 is 0 Å². The van der Waals surface area contributed by atoms with Crippen molar-refractivity contribution >= 4 is 11.6 Å². The van der Waals surface area contributed by atoms with Gasteiger partial charge in [0.15, 0.2) is 11.5 Å². The van der Waals surface area contributed by atoms with Gasteiger partial charge in [-0.1, -0.05) is 30.3 Å². The summed E-state index contributed by atoms with van der Waals surface area (Å²) >= 11 is 0. The summed E-state index contributed by atoms with van der Waals surface area (Å²) in [5, 5.41) is 2.98. The molecular weight excluding hydrogens is 368 g/mol. The Kier molecular flexibility index (Phi) is 6.99. The van der Waals surface area contributed by atoms with Crippen molar-refractivity contribution in [1.82, 2.24) is 4.90 Å². The van der Waals surface area contributed by atoms with E-state index in [-0.39, 0.29) is 5.91 Å². The molecule has 3 rings (SSSR count). The Bertz CT molecular complexity index is 796. The minimum atomic E-state index is -0.0669. The predicted molar refractivity (Wildman–Crippen MR) is 114 cm³/mol.